The highest BCUT2D eigenvalue weighted by Gasteiger charge is 2.35. The number of urea groups is 1. The molecule has 0 aromatic carbocycles. The summed E-state index contributed by atoms with van der Waals surface area (Å²) in [5.41, 5.74) is -0.125. The fourth-order valence-corrected chi connectivity index (χ4v) is 3.36. The molecule has 0 aliphatic heterocycles. The molecule has 2 aliphatic carbocycles. The van der Waals surface area contributed by atoms with Crippen LogP contribution in [0.5, 0.6) is 0 Å². The van der Waals surface area contributed by atoms with Crippen molar-refractivity contribution in [3.63, 3.8) is 0 Å². The fraction of sp³-hybridized carbons (Fsp3) is 0.857. The first-order chi connectivity index (χ1) is 9.00. The third-order valence-corrected chi connectivity index (χ3v) is 4.52. The van der Waals surface area contributed by atoms with Crippen molar-refractivity contribution in [1.82, 2.24) is 10.6 Å². The Bertz CT molecular complexity index is 351. The van der Waals surface area contributed by atoms with E-state index in [9.17, 15) is 9.59 Å². The van der Waals surface area contributed by atoms with Crippen LogP contribution in [0.15, 0.2) is 0 Å². The number of hydrogen-bond acceptors (Lipinski definition) is 2. The van der Waals surface area contributed by atoms with Gasteiger partial charge < -0.3 is 15.7 Å². The lowest BCUT2D eigenvalue weighted by molar-refractivity contribution is -0.142. The Kier molecular flexibility index (Phi) is 4.32. The molecule has 5 nitrogen and oxygen atoms in total. The number of rotatable bonds is 3. The first-order valence-electron chi connectivity index (χ1n) is 7.32. The Balaban J connectivity index is 1.85. The molecule has 5 heteroatoms. The summed E-state index contributed by atoms with van der Waals surface area (Å²) in [6.07, 6.45) is 7.86. The maximum absolute atomic E-state index is 12.0. The average molecular weight is 268 g/mol. The second-order valence-electron chi connectivity index (χ2n) is 6.20. The molecule has 2 saturated carbocycles. The molecule has 0 radical (unpaired) electrons. The van der Waals surface area contributed by atoms with Crippen molar-refractivity contribution in [2.24, 2.45) is 5.92 Å². The van der Waals surface area contributed by atoms with Gasteiger partial charge >= 0.3 is 12.0 Å². The third-order valence-electron chi connectivity index (χ3n) is 4.52. The van der Waals surface area contributed by atoms with E-state index in [-0.39, 0.29) is 17.6 Å². The fourth-order valence-electron chi connectivity index (χ4n) is 3.36. The quantitative estimate of drug-likeness (QED) is 0.734. The second-order valence-corrected chi connectivity index (χ2v) is 6.20. The zero-order valence-corrected chi connectivity index (χ0v) is 11.6. The molecule has 0 saturated heterocycles. The Morgan fingerprint density at radius 3 is 2.42 bits per heavy atom. The van der Waals surface area contributed by atoms with Gasteiger partial charge in [-0.1, -0.05) is 25.7 Å². The van der Waals surface area contributed by atoms with E-state index in [0.29, 0.717) is 6.42 Å². The Morgan fingerprint density at radius 2 is 1.79 bits per heavy atom. The smallest absolute Gasteiger partial charge is 0.315 e. The number of carboxylic acids is 1. The lowest BCUT2D eigenvalue weighted by Crippen LogP contribution is -2.54. The van der Waals surface area contributed by atoms with Gasteiger partial charge in [0.05, 0.1) is 5.92 Å². The highest BCUT2D eigenvalue weighted by Crippen LogP contribution is 2.28. The summed E-state index contributed by atoms with van der Waals surface area (Å²) in [7, 11) is 0. The highest BCUT2D eigenvalue weighted by atomic mass is 16.4. The molecule has 2 amide bonds. The van der Waals surface area contributed by atoms with Gasteiger partial charge in [0, 0.05) is 11.6 Å². The predicted molar refractivity (Wildman–Crippen MR) is 71.9 cm³/mol. The summed E-state index contributed by atoms with van der Waals surface area (Å²) in [5, 5.41) is 15.0. The van der Waals surface area contributed by atoms with E-state index in [2.05, 4.69) is 17.6 Å². The van der Waals surface area contributed by atoms with E-state index in [1.165, 1.54) is 6.42 Å². The van der Waals surface area contributed by atoms with E-state index in [1.54, 1.807) is 0 Å². The number of carbonyl (C=O) groups excluding carboxylic acids is 1. The summed E-state index contributed by atoms with van der Waals surface area (Å²) in [6.45, 7) is 2.08. The first-order valence-corrected chi connectivity index (χ1v) is 7.32. The monoisotopic (exact) mass is 268 g/mol. The molecule has 2 rings (SSSR count). The number of aliphatic carboxylic acids is 1. The molecule has 0 spiro atoms. The summed E-state index contributed by atoms with van der Waals surface area (Å²) in [5.74, 6) is -1.23. The molecular formula is C14H24N2O3. The van der Waals surface area contributed by atoms with Crippen LogP contribution in [0, 0.1) is 5.92 Å². The normalized spacial score (nSPS) is 29.7. The van der Waals surface area contributed by atoms with Crippen LogP contribution in [0.2, 0.25) is 0 Å². The van der Waals surface area contributed by atoms with Crippen LogP contribution in [-0.2, 0) is 4.79 Å². The summed E-state index contributed by atoms with van der Waals surface area (Å²) >= 11 is 0. The topological polar surface area (TPSA) is 78.4 Å². The number of nitrogens with one attached hydrogen (secondary N) is 2. The van der Waals surface area contributed by atoms with Gasteiger partial charge in [0.15, 0.2) is 0 Å². The van der Waals surface area contributed by atoms with Gasteiger partial charge in [-0.25, -0.2) is 4.79 Å². The molecule has 2 fully saturated rings. The lowest BCUT2D eigenvalue weighted by Gasteiger charge is -2.35. The largest absolute Gasteiger partial charge is 0.481 e. The lowest BCUT2D eigenvalue weighted by atomic mass is 9.83. The Hall–Kier alpha value is -1.26. The minimum Gasteiger partial charge on any atom is -0.481 e. The van der Waals surface area contributed by atoms with Crippen molar-refractivity contribution >= 4 is 12.0 Å². The standard InChI is InChI=1S/C14H24N2O3/c1-14(8-3-2-4-9-14)16-13(19)15-11-7-5-6-10(11)12(17)18/h10-11H,2-9H2,1H3,(H,17,18)(H2,15,16,19). The first kappa shape index (κ1) is 14.2. The molecule has 3 N–H and O–H groups in total. The average Bonchev–Trinajstić information content (AvgIpc) is 2.77. The molecule has 0 aromatic rings. The van der Waals surface area contributed by atoms with E-state index in [4.69, 9.17) is 5.11 Å². The van der Waals surface area contributed by atoms with E-state index < -0.39 is 11.9 Å². The van der Waals surface area contributed by atoms with Gasteiger partial charge in [-0.2, -0.15) is 0 Å². The molecule has 108 valence electrons. The van der Waals surface area contributed by atoms with Crippen LogP contribution in [0.1, 0.15) is 58.3 Å². The molecular weight excluding hydrogens is 244 g/mol. The van der Waals surface area contributed by atoms with Gasteiger partial charge in [-0.05, 0) is 32.6 Å². The Morgan fingerprint density at radius 1 is 1.11 bits per heavy atom. The van der Waals surface area contributed by atoms with Crippen molar-refractivity contribution < 1.29 is 14.7 Å². The second kappa shape index (κ2) is 5.80. The molecule has 0 heterocycles. The maximum atomic E-state index is 12.0. The molecule has 2 atom stereocenters. The SMILES string of the molecule is CC1(NC(=O)NC2CCCC2C(=O)O)CCCCC1. The molecule has 0 aromatic heterocycles. The predicted octanol–water partition coefficient (Wildman–Crippen LogP) is 2.26. The van der Waals surface area contributed by atoms with Crippen molar-refractivity contribution in [3.8, 4) is 0 Å². The Labute approximate surface area is 114 Å². The van der Waals surface area contributed by atoms with Crippen LogP contribution < -0.4 is 10.6 Å². The molecule has 2 unspecified atom stereocenters. The molecule has 0 bridgehead atoms. The van der Waals surface area contributed by atoms with Crippen LogP contribution in [0.4, 0.5) is 4.79 Å². The van der Waals surface area contributed by atoms with Crippen LogP contribution in [-0.4, -0.2) is 28.7 Å². The van der Waals surface area contributed by atoms with Gasteiger partial charge in [-0.15, -0.1) is 0 Å². The molecule has 2 aliphatic rings. The number of hydrogen-bond donors (Lipinski definition) is 3. The van der Waals surface area contributed by atoms with E-state index in [1.807, 2.05) is 0 Å². The highest BCUT2D eigenvalue weighted by molar-refractivity contribution is 5.77. The van der Waals surface area contributed by atoms with Crippen molar-refractivity contribution in [3.05, 3.63) is 0 Å². The van der Waals surface area contributed by atoms with Gasteiger partial charge in [0.25, 0.3) is 0 Å². The summed E-state index contributed by atoms with van der Waals surface area (Å²) in [4.78, 5) is 23.1. The minimum absolute atomic E-state index is 0.125. The third kappa shape index (κ3) is 3.61. The van der Waals surface area contributed by atoms with Crippen LogP contribution in [0.25, 0.3) is 0 Å². The van der Waals surface area contributed by atoms with E-state index in [0.717, 1.165) is 38.5 Å². The number of carbonyl (C=O) groups is 2. The maximum Gasteiger partial charge on any atom is 0.315 e. The summed E-state index contributed by atoms with van der Waals surface area (Å²) in [6, 6.07) is -0.424. The van der Waals surface area contributed by atoms with Crippen molar-refractivity contribution in [2.45, 2.75) is 69.9 Å². The summed E-state index contributed by atoms with van der Waals surface area (Å²) < 4.78 is 0. The number of carboxylic acid groups (broad SMARTS) is 1. The van der Waals surface area contributed by atoms with Gasteiger partial charge in [0.1, 0.15) is 0 Å². The van der Waals surface area contributed by atoms with E-state index >= 15 is 0 Å². The number of amides is 2. The van der Waals surface area contributed by atoms with Gasteiger partial charge in [0.2, 0.25) is 0 Å². The molecule has 19 heavy (non-hydrogen) atoms. The van der Waals surface area contributed by atoms with Crippen molar-refractivity contribution in [1.29, 1.82) is 0 Å². The zero-order chi connectivity index (χ0) is 13.9. The van der Waals surface area contributed by atoms with Gasteiger partial charge in [-0.3, -0.25) is 4.79 Å². The zero-order valence-electron chi connectivity index (χ0n) is 11.6. The van der Waals surface area contributed by atoms with Crippen LogP contribution in [0.3, 0.4) is 0 Å². The van der Waals surface area contributed by atoms with Crippen molar-refractivity contribution in [2.75, 3.05) is 0 Å². The minimum atomic E-state index is -0.799. The van der Waals surface area contributed by atoms with Crippen LogP contribution >= 0.6 is 0 Å².